The highest BCUT2D eigenvalue weighted by molar-refractivity contribution is 9.10. The second-order valence-corrected chi connectivity index (χ2v) is 5.80. The molecular weight excluding hydrogens is 382 g/mol. The molecule has 1 aromatic heterocycles. The van der Waals surface area contributed by atoms with Gasteiger partial charge in [0.1, 0.15) is 16.1 Å². The Kier molecular flexibility index (Phi) is 4.73. The normalized spacial score (nSPS) is 10.7. The summed E-state index contributed by atoms with van der Waals surface area (Å²) in [5.41, 5.74) is 0.857. The van der Waals surface area contributed by atoms with E-state index >= 15 is 0 Å². The summed E-state index contributed by atoms with van der Waals surface area (Å²) in [6, 6.07) is 5.24. The maximum atomic E-state index is 6.08. The van der Waals surface area contributed by atoms with Gasteiger partial charge in [0.25, 0.3) is 0 Å². The summed E-state index contributed by atoms with van der Waals surface area (Å²) in [5.74, 6) is 0.498. The lowest BCUT2D eigenvalue weighted by Crippen LogP contribution is -1.99. The first kappa shape index (κ1) is 14.4. The number of nitrogens with zero attached hydrogens (tertiary/aromatic N) is 2. The van der Waals surface area contributed by atoms with E-state index in [4.69, 9.17) is 46.4 Å². The van der Waals surface area contributed by atoms with Gasteiger partial charge in [-0.1, -0.05) is 52.5 Å². The number of benzene rings is 1. The molecule has 0 aliphatic heterocycles. The molecule has 1 aromatic carbocycles. The van der Waals surface area contributed by atoms with E-state index in [0.717, 1.165) is 5.56 Å². The van der Waals surface area contributed by atoms with Crippen LogP contribution in [-0.4, -0.2) is 9.97 Å². The van der Waals surface area contributed by atoms with Gasteiger partial charge in [0.2, 0.25) is 0 Å². The highest BCUT2D eigenvalue weighted by atomic mass is 79.9. The van der Waals surface area contributed by atoms with E-state index in [0.29, 0.717) is 26.8 Å². The van der Waals surface area contributed by atoms with Crippen molar-refractivity contribution in [3.05, 3.63) is 54.4 Å². The molecule has 2 rings (SSSR count). The number of rotatable bonds is 2. The van der Waals surface area contributed by atoms with Gasteiger partial charge in [-0.15, -0.1) is 0 Å². The molecule has 0 bridgehead atoms. The lowest BCUT2D eigenvalue weighted by Gasteiger charge is -2.06. The van der Waals surface area contributed by atoms with Crippen LogP contribution in [-0.2, 0) is 6.42 Å². The standard InChI is InChI=1S/C11H5BrCl4N2/c12-9-10(15)17-8(18-11(9)16)3-5-1-2-6(13)4-7(5)14/h1-2,4H,3H2. The minimum Gasteiger partial charge on any atom is -0.220 e. The van der Waals surface area contributed by atoms with Gasteiger partial charge in [-0.25, -0.2) is 9.97 Å². The van der Waals surface area contributed by atoms with Crippen molar-refractivity contribution in [1.82, 2.24) is 9.97 Å². The Bertz CT molecular complexity index is 581. The molecule has 0 radical (unpaired) electrons. The van der Waals surface area contributed by atoms with Crippen molar-refractivity contribution >= 4 is 62.3 Å². The minimum atomic E-state index is 0.273. The maximum Gasteiger partial charge on any atom is 0.148 e. The molecule has 0 unspecified atom stereocenters. The van der Waals surface area contributed by atoms with Crippen molar-refractivity contribution in [2.45, 2.75) is 6.42 Å². The molecule has 2 nitrogen and oxygen atoms in total. The summed E-state index contributed by atoms with van der Waals surface area (Å²) in [7, 11) is 0. The predicted octanol–water partition coefficient (Wildman–Crippen LogP) is 5.44. The van der Waals surface area contributed by atoms with Crippen LogP contribution in [0.15, 0.2) is 22.7 Å². The largest absolute Gasteiger partial charge is 0.220 e. The molecule has 0 spiro atoms. The van der Waals surface area contributed by atoms with Gasteiger partial charge in [0.05, 0.1) is 4.47 Å². The highest BCUT2D eigenvalue weighted by Crippen LogP contribution is 2.28. The number of hydrogen-bond acceptors (Lipinski definition) is 2. The summed E-state index contributed by atoms with van der Waals surface area (Å²) < 4.78 is 0.483. The Morgan fingerprint density at radius 2 is 1.61 bits per heavy atom. The number of aromatic nitrogens is 2. The molecule has 0 saturated carbocycles. The fourth-order valence-corrected chi connectivity index (χ4v) is 2.42. The van der Waals surface area contributed by atoms with Crippen LogP contribution in [0.5, 0.6) is 0 Å². The first-order valence-corrected chi connectivity index (χ1v) is 7.09. The third kappa shape index (κ3) is 3.28. The average Bonchev–Trinajstić information content (AvgIpc) is 2.29. The van der Waals surface area contributed by atoms with Gasteiger partial charge < -0.3 is 0 Å². The molecular formula is C11H5BrCl4N2. The fourth-order valence-electron chi connectivity index (χ4n) is 1.35. The number of hydrogen-bond donors (Lipinski definition) is 0. The highest BCUT2D eigenvalue weighted by Gasteiger charge is 2.11. The van der Waals surface area contributed by atoms with Crippen LogP contribution in [0.3, 0.4) is 0 Å². The zero-order valence-corrected chi connectivity index (χ0v) is 13.3. The topological polar surface area (TPSA) is 25.8 Å². The third-order valence-electron chi connectivity index (χ3n) is 2.18. The fraction of sp³-hybridized carbons (Fsp3) is 0.0909. The van der Waals surface area contributed by atoms with Gasteiger partial charge in [-0.2, -0.15) is 0 Å². The molecule has 0 amide bonds. The van der Waals surface area contributed by atoms with E-state index in [1.807, 2.05) is 6.07 Å². The average molecular weight is 387 g/mol. The molecule has 0 atom stereocenters. The van der Waals surface area contributed by atoms with Gasteiger partial charge in [-0.3, -0.25) is 0 Å². The van der Waals surface area contributed by atoms with Gasteiger partial charge in [0.15, 0.2) is 0 Å². The molecule has 18 heavy (non-hydrogen) atoms. The van der Waals surface area contributed by atoms with E-state index in [9.17, 15) is 0 Å². The number of halogens is 5. The summed E-state index contributed by atoms with van der Waals surface area (Å²) in [4.78, 5) is 8.25. The van der Waals surface area contributed by atoms with Crippen molar-refractivity contribution in [3.8, 4) is 0 Å². The quantitative estimate of drug-likeness (QED) is 0.642. The van der Waals surface area contributed by atoms with Gasteiger partial charge >= 0.3 is 0 Å². The van der Waals surface area contributed by atoms with Crippen LogP contribution in [0, 0.1) is 0 Å². The van der Waals surface area contributed by atoms with Crippen LogP contribution in [0.25, 0.3) is 0 Å². The van der Waals surface area contributed by atoms with Crippen LogP contribution < -0.4 is 0 Å². The van der Waals surface area contributed by atoms with Crippen molar-refractivity contribution in [1.29, 1.82) is 0 Å². The zero-order chi connectivity index (χ0) is 13.3. The maximum absolute atomic E-state index is 6.08. The smallest absolute Gasteiger partial charge is 0.148 e. The Balaban J connectivity index is 2.34. The van der Waals surface area contributed by atoms with Crippen LogP contribution in [0.2, 0.25) is 20.4 Å². The molecule has 0 aliphatic carbocycles. The summed E-state index contributed by atoms with van der Waals surface area (Å²) in [6.07, 6.45) is 0.433. The Morgan fingerprint density at radius 1 is 1.00 bits per heavy atom. The Hall–Kier alpha value is -0.0600. The molecule has 0 aliphatic rings. The first-order chi connectivity index (χ1) is 8.47. The van der Waals surface area contributed by atoms with Crippen molar-refractivity contribution in [2.24, 2.45) is 0 Å². The molecule has 0 N–H and O–H groups in total. The monoisotopic (exact) mass is 384 g/mol. The molecule has 94 valence electrons. The molecule has 7 heteroatoms. The lowest BCUT2D eigenvalue weighted by atomic mass is 10.1. The van der Waals surface area contributed by atoms with Gasteiger partial charge in [0, 0.05) is 16.5 Å². The zero-order valence-electron chi connectivity index (χ0n) is 8.72. The second-order valence-electron chi connectivity index (χ2n) is 3.45. The second kappa shape index (κ2) is 5.93. The van der Waals surface area contributed by atoms with Crippen molar-refractivity contribution in [2.75, 3.05) is 0 Å². The van der Waals surface area contributed by atoms with Crippen LogP contribution in [0.4, 0.5) is 0 Å². The summed E-state index contributed by atoms with van der Waals surface area (Å²) >= 11 is 26.9. The lowest BCUT2D eigenvalue weighted by molar-refractivity contribution is 0.963. The van der Waals surface area contributed by atoms with E-state index in [2.05, 4.69) is 25.9 Å². The molecule has 0 saturated heterocycles. The molecule has 1 heterocycles. The summed E-state index contributed by atoms with van der Waals surface area (Å²) in [5, 5.41) is 1.68. The van der Waals surface area contributed by atoms with Crippen LogP contribution >= 0.6 is 62.3 Å². The van der Waals surface area contributed by atoms with E-state index in [1.54, 1.807) is 12.1 Å². The van der Waals surface area contributed by atoms with Crippen molar-refractivity contribution in [3.63, 3.8) is 0 Å². The van der Waals surface area contributed by atoms with E-state index < -0.39 is 0 Å². The van der Waals surface area contributed by atoms with Crippen molar-refractivity contribution < 1.29 is 0 Å². The van der Waals surface area contributed by atoms with Gasteiger partial charge in [-0.05, 0) is 33.6 Å². The molecule has 0 fully saturated rings. The predicted molar refractivity (Wildman–Crippen MR) is 79.0 cm³/mol. The van der Waals surface area contributed by atoms with E-state index in [-0.39, 0.29) is 10.3 Å². The third-order valence-corrected chi connectivity index (χ3v) is 4.52. The first-order valence-electron chi connectivity index (χ1n) is 4.78. The Morgan fingerprint density at radius 3 is 2.17 bits per heavy atom. The minimum absolute atomic E-state index is 0.273. The SMILES string of the molecule is Clc1ccc(Cc2nc(Cl)c(Br)c(Cl)n2)c(Cl)c1. The van der Waals surface area contributed by atoms with E-state index in [1.165, 1.54) is 0 Å². The van der Waals surface area contributed by atoms with Crippen LogP contribution in [0.1, 0.15) is 11.4 Å². The Labute approximate surface area is 132 Å². The summed E-state index contributed by atoms with van der Waals surface area (Å²) in [6.45, 7) is 0. The molecule has 2 aromatic rings.